The Kier molecular flexibility index (Phi) is 3.50. The van der Waals surface area contributed by atoms with E-state index < -0.39 is 0 Å². The van der Waals surface area contributed by atoms with Crippen LogP contribution >= 0.6 is 27.5 Å². The summed E-state index contributed by atoms with van der Waals surface area (Å²) in [5.74, 6) is 0. The molecule has 0 amide bonds. The quantitative estimate of drug-likeness (QED) is 0.729. The Balaban J connectivity index is 2.30. The molecule has 0 radical (unpaired) electrons. The fourth-order valence-electron chi connectivity index (χ4n) is 2.26. The van der Waals surface area contributed by atoms with Gasteiger partial charge in [-0.25, -0.2) is 0 Å². The predicted molar refractivity (Wildman–Crippen MR) is 74.7 cm³/mol. The van der Waals surface area contributed by atoms with Crippen molar-refractivity contribution < 1.29 is 0 Å². The SMILES string of the molecule is CC1(C)CCN(c2cc(Cl)ccc2CBr)C1. The molecular formula is C13H17BrClN. The maximum absolute atomic E-state index is 6.08. The molecule has 0 bridgehead atoms. The fourth-order valence-corrected chi connectivity index (χ4v) is 2.90. The molecule has 1 saturated heterocycles. The van der Waals surface area contributed by atoms with Gasteiger partial charge in [-0.05, 0) is 29.5 Å². The molecule has 3 heteroatoms. The van der Waals surface area contributed by atoms with Gasteiger partial charge in [0.15, 0.2) is 0 Å². The third kappa shape index (κ3) is 2.54. The number of anilines is 1. The first kappa shape index (κ1) is 12.3. The molecule has 0 aliphatic carbocycles. The first-order chi connectivity index (χ1) is 7.52. The largest absolute Gasteiger partial charge is 0.371 e. The zero-order chi connectivity index (χ0) is 11.8. The predicted octanol–water partition coefficient (Wildman–Crippen LogP) is 4.47. The van der Waals surface area contributed by atoms with Gasteiger partial charge >= 0.3 is 0 Å². The summed E-state index contributed by atoms with van der Waals surface area (Å²) in [7, 11) is 0. The summed E-state index contributed by atoms with van der Waals surface area (Å²) in [6.45, 7) is 6.90. The van der Waals surface area contributed by atoms with Crippen molar-refractivity contribution in [2.75, 3.05) is 18.0 Å². The number of alkyl halides is 1. The average Bonchev–Trinajstić information content (AvgIpc) is 2.59. The number of hydrogen-bond donors (Lipinski definition) is 0. The molecule has 0 N–H and O–H groups in total. The van der Waals surface area contributed by atoms with Crippen LogP contribution in [-0.2, 0) is 5.33 Å². The molecule has 0 saturated carbocycles. The molecule has 1 aromatic rings. The molecule has 16 heavy (non-hydrogen) atoms. The van der Waals surface area contributed by atoms with E-state index in [0.29, 0.717) is 5.41 Å². The molecule has 88 valence electrons. The molecule has 1 fully saturated rings. The second kappa shape index (κ2) is 4.58. The van der Waals surface area contributed by atoms with Crippen molar-refractivity contribution in [3.63, 3.8) is 0 Å². The summed E-state index contributed by atoms with van der Waals surface area (Å²) in [6, 6.07) is 6.15. The second-order valence-corrected chi connectivity index (χ2v) is 6.24. The van der Waals surface area contributed by atoms with Crippen molar-refractivity contribution in [1.29, 1.82) is 0 Å². The number of hydrogen-bond acceptors (Lipinski definition) is 1. The van der Waals surface area contributed by atoms with E-state index in [-0.39, 0.29) is 0 Å². The molecule has 0 spiro atoms. The number of nitrogens with zero attached hydrogens (tertiary/aromatic N) is 1. The first-order valence-corrected chi connectivity index (χ1v) is 7.11. The lowest BCUT2D eigenvalue weighted by atomic mass is 9.93. The minimum atomic E-state index is 0.423. The highest BCUT2D eigenvalue weighted by molar-refractivity contribution is 9.08. The van der Waals surface area contributed by atoms with Gasteiger partial charge in [0, 0.05) is 29.1 Å². The summed E-state index contributed by atoms with van der Waals surface area (Å²) in [5, 5.41) is 1.71. The van der Waals surface area contributed by atoms with Crippen molar-refractivity contribution >= 4 is 33.2 Å². The molecule has 1 heterocycles. The molecule has 0 aromatic heterocycles. The van der Waals surface area contributed by atoms with Crippen LogP contribution in [0.4, 0.5) is 5.69 Å². The summed E-state index contributed by atoms with van der Waals surface area (Å²) in [6.07, 6.45) is 1.25. The lowest BCUT2D eigenvalue weighted by Gasteiger charge is -2.24. The van der Waals surface area contributed by atoms with Gasteiger partial charge in [-0.15, -0.1) is 0 Å². The topological polar surface area (TPSA) is 3.24 Å². The molecule has 2 rings (SSSR count). The standard InChI is InChI=1S/C13H17BrClN/c1-13(2)5-6-16(9-13)12-7-11(15)4-3-10(12)8-14/h3-4,7H,5-6,8-9H2,1-2H3. The van der Waals surface area contributed by atoms with E-state index in [9.17, 15) is 0 Å². The van der Waals surface area contributed by atoms with Crippen LogP contribution in [0.3, 0.4) is 0 Å². The van der Waals surface area contributed by atoms with Crippen LogP contribution in [0.15, 0.2) is 18.2 Å². The fraction of sp³-hybridized carbons (Fsp3) is 0.538. The Bertz CT molecular complexity index is 390. The summed E-state index contributed by atoms with van der Waals surface area (Å²) in [4.78, 5) is 2.45. The minimum Gasteiger partial charge on any atom is -0.371 e. The van der Waals surface area contributed by atoms with Gasteiger partial charge in [0.1, 0.15) is 0 Å². The van der Waals surface area contributed by atoms with E-state index in [2.05, 4.69) is 46.8 Å². The molecule has 1 aliphatic heterocycles. The van der Waals surface area contributed by atoms with Gasteiger partial charge in [-0.1, -0.05) is 47.4 Å². The van der Waals surface area contributed by atoms with Gasteiger partial charge in [0.05, 0.1) is 0 Å². The maximum atomic E-state index is 6.08. The van der Waals surface area contributed by atoms with Crippen LogP contribution in [0.25, 0.3) is 0 Å². The third-order valence-corrected chi connectivity index (χ3v) is 4.05. The number of benzene rings is 1. The van der Waals surface area contributed by atoms with E-state index in [1.165, 1.54) is 17.7 Å². The monoisotopic (exact) mass is 301 g/mol. The molecular weight excluding hydrogens is 286 g/mol. The second-order valence-electron chi connectivity index (χ2n) is 5.24. The normalized spacial score (nSPS) is 19.1. The average molecular weight is 303 g/mol. The van der Waals surface area contributed by atoms with Crippen molar-refractivity contribution in [2.45, 2.75) is 25.6 Å². The van der Waals surface area contributed by atoms with Gasteiger partial charge in [0.2, 0.25) is 0 Å². The Morgan fingerprint density at radius 1 is 1.44 bits per heavy atom. The van der Waals surface area contributed by atoms with Gasteiger partial charge < -0.3 is 4.90 Å². The summed E-state index contributed by atoms with van der Waals surface area (Å²) in [5.41, 5.74) is 3.03. The van der Waals surface area contributed by atoms with Crippen molar-refractivity contribution in [1.82, 2.24) is 0 Å². The Labute approximate surface area is 111 Å². The van der Waals surface area contributed by atoms with Crippen LogP contribution in [0.2, 0.25) is 5.02 Å². The Hall–Kier alpha value is -0.210. The summed E-state index contributed by atoms with van der Waals surface area (Å²) >= 11 is 9.62. The van der Waals surface area contributed by atoms with Crippen molar-refractivity contribution in [3.05, 3.63) is 28.8 Å². The molecule has 0 atom stereocenters. The third-order valence-electron chi connectivity index (χ3n) is 3.21. The van der Waals surface area contributed by atoms with Crippen LogP contribution < -0.4 is 4.90 Å². The highest BCUT2D eigenvalue weighted by Gasteiger charge is 2.30. The summed E-state index contributed by atoms with van der Waals surface area (Å²) < 4.78 is 0. The van der Waals surface area contributed by atoms with E-state index in [1.54, 1.807) is 0 Å². The van der Waals surface area contributed by atoms with Crippen LogP contribution in [-0.4, -0.2) is 13.1 Å². The van der Waals surface area contributed by atoms with Gasteiger partial charge in [0.25, 0.3) is 0 Å². The van der Waals surface area contributed by atoms with Gasteiger partial charge in [-0.3, -0.25) is 0 Å². The van der Waals surface area contributed by atoms with Gasteiger partial charge in [-0.2, -0.15) is 0 Å². The lowest BCUT2D eigenvalue weighted by Crippen LogP contribution is -2.23. The van der Waals surface area contributed by atoms with Crippen LogP contribution in [0.5, 0.6) is 0 Å². The zero-order valence-electron chi connectivity index (χ0n) is 9.76. The zero-order valence-corrected chi connectivity index (χ0v) is 12.1. The van der Waals surface area contributed by atoms with E-state index in [0.717, 1.165) is 23.4 Å². The smallest absolute Gasteiger partial charge is 0.0426 e. The number of halogens is 2. The molecule has 1 aliphatic rings. The Morgan fingerprint density at radius 3 is 2.75 bits per heavy atom. The number of rotatable bonds is 2. The van der Waals surface area contributed by atoms with Crippen LogP contribution in [0, 0.1) is 5.41 Å². The highest BCUT2D eigenvalue weighted by Crippen LogP contribution is 2.35. The molecule has 1 aromatic carbocycles. The molecule has 0 unspecified atom stereocenters. The van der Waals surface area contributed by atoms with Crippen LogP contribution in [0.1, 0.15) is 25.8 Å². The Morgan fingerprint density at radius 2 is 2.19 bits per heavy atom. The van der Waals surface area contributed by atoms with E-state index in [1.807, 2.05) is 6.07 Å². The lowest BCUT2D eigenvalue weighted by molar-refractivity contribution is 0.418. The minimum absolute atomic E-state index is 0.423. The van der Waals surface area contributed by atoms with E-state index in [4.69, 9.17) is 11.6 Å². The highest BCUT2D eigenvalue weighted by atomic mass is 79.9. The maximum Gasteiger partial charge on any atom is 0.0426 e. The van der Waals surface area contributed by atoms with Crippen molar-refractivity contribution in [2.24, 2.45) is 5.41 Å². The van der Waals surface area contributed by atoms with E-state index >= 15 is 0 Å². The van der Waals surface area contributed by atoms with Crippen molar-refractivity contribution in [3.8, 4) is 0 Å². The first-order valence-electron chi connectivity index (χ1n) is 5.61. The molecule has 1 nitrogen and oxygen atoms in total.